The molecule has 1 heterocycles. The Morgan fingerprint density at radius 1 is 1.20 bits per heavy atom. The zero-order valence-corrected chi connectivity index (χ0v) is 17.9. The molecule has 1 aliphatic carbocycles. The van der Waals surface area contributed by atoms with Crippen LogP contribution in [0.3, 0.4) is 0 Å². The van der Waals surface area contributed by atoms with Gasteiger partial charge in [0.25, 0.3) is 5.91 Å². The molecule has 0 aliphatic heterocycles. The van der Waals surface area contributed by atoms with Crippen molar-refractivity contribution in [1.82, 2.24) is 10.3 Å². The first-order valence-corrected chi connectivity index (χ1v) is 10.2. The first-order valence-electron chi connectivity index (χ1n) is 9.78. The van der Waals surface area contributed by atoms with Gasteiger partial charge in [-0.05, 0) is 44.4 Å². The number of nitrogens with zero attached hydrogens (tertiary/aromatic N) is 1. The molecule has 8 heteroatoms. The van der Waals surface area contributed by atoms with E-state index in [-0.39, 0.29) is 28.7 Å². The number of hydrogen-bond acceptors (Lipinski definition) is 6. The summed E-state index contributed by atoms with van der Waals surface area (Å²) in [6.45, 7) is 3.40. The number of methoxy groups -OCH3 is 1. The summed E-state index contributed by atoms with van der Waals surface area (Å²) in [7, 11) is 1.37. The summed E-state index contributed by atoms with van der Waals surface area (Å²) in [5.41, 5.74) is 0.607. The Morgan fingerprint density at radius 3 is 2.43 bits per heavy atom. The van der Waals surface area contributed by atoms with Crippen LogP contribution < -0.4 is 10.1 Å². The van der Waals surface area contributed by atoms with E-state index >= 15 is 0 Å². The Balaban J connectivity index is 1.66. The number of nitrogens with one attached hydrogen (secondary N) is 1. The van der Waals surface area contributed by atoms with Crippen LogP contribution in [0.5, 0.6) is 11.5 Å². The summed E-state index contributed by atoms with van der Waals surface area (Å²) in [6.07, 6.45) is 3.84. The van der Waals surface area contributed by atoms with Crippen LogP contribution in [-0.4, -0.2) is 41.2 Å². The van der Waals surface area contributed by atoms with E-state index < -0.39 is 17.9 Å². The zero-order chi connectivity index (χ0) is 21.9. The van der Waals surface area contributed by atoms with Crippen LogP contribution in [0.1, 0.15) is 49.2 Å². The van der Waals surface area contributed by atoms with Crippen molar-refractivity contribution in [2.24, 2.45) is 0 Å². The van der Waals surface area contributed by atoms with E-state index in [1.165, 1.54) is 26.3 Å². The van der Waals surface area contributed by atoms with E-state index in [1.54, 1.807) is 0 Å². The monoisotopic (exact) mass is 432 g/mol. The molecule has 0 saturated heterocycles. The first-order chi connectivity index (χ1) is 14.3. The minimum absolute atomic E-state index is 0.119. The number of hydrogen-bond donors (Lipinski definition) is 2. The van der Waals surface area contributed by atoms with Crippen molar-refractivity contribution < 1.29 is 24.2 Å². The van der Waals surface area contributed by atoms with Gasteiger partial charge in [0.1, 0.15) is 12.1 Å². The molecule has 0 spiro atoms. The van der Waals surface area contributed by atoms with E-state index in [4.69, 9.17) is 21.1 Å². The number of pyridine rings is 1. The molecule has 7 nitrogen and oxygen atoms in total. The number of benzene rings is 1. The normalized spacial score (nSPS) is 16.7. The van der Waals surface area contributed by atoms with Crippen LogP contribution in [0.25, 0.3) is 0 Å². The predicted molar refractivity (Wildman–Crippen MR) is 112 cm³/mol. The van der Waals surface area contributed by atoms with Gasteiger partial charge in [-0.15, -0.1) is 0 Å². The van der Waals surface area contributed by atoms with E-state index in [0.717, 1.165) is 24.8 Å². The van der Waals surface area contributed by atoms with Gasteiger partial charge < -0.3 is 19.9 Å². The molecule has 2 N–H and O–H groups in total. The number of aromatic nitrogens is 1. The lowest BCUT2D eigenvalue weighted by atomic mass is 9.61. The summed E-state index contributed by atoms with van der Waals surface area (Å²) in [5, 5.41) is 13.2. The van der Waals surface area contributed by atoms with Crippen molar-refractivity contribution in [1.29, 1.82) is 0 Å². The van der Waals surface area contributed by atoms with Gasteiger partial charge in [-0.3, -0.25) is 4.79 Å². The maximum absolute atomic E-state index is 12.6. The number of rotatable bonds is 7. The second-order valence-electron chi connectivity index (χ2n) is 7.50. The number of amides is 1. The smallest absolute Gasteiger partial charge is 0.328 e. The maximum Gasteiger partial charge on any atom is 0.328 e. The van der Waals surface area contributed by atoms with Crippen molar-refractivity contribution in [3.63, 3.8) is 0 Å². The third-order valence-corrected chi connectivity index (χ3v) is 6.01. The number of ether oxygens (including phenoxy) is 2. The van der Waals surface area contributed by atoms with E-state index in [2.05, 4.69) is 10.3 Å². The lowest BCUT2D eigenvalue weighted by Crippen LogP contribution is -2.49. The predicted octanol–water partition coefficient (Wildman–Crippen LogP) is 3.62. The maximum atomic E-state index is 12.6. The molecule has 0 bridgehead atoms. The standard InChI is InChI=1S/C22H25ClN2O5/c1-13(25-20(27)18-19(26)17(29-3)9-12-24-18)21(28)30-14(2)22(10-4-11-22)15-5-7-16(23)8-6-15/h5-9,12-14,26H,4,10-11H2,1-3H3,(H,25,27)/t13-,14?/m0/s1. The van der Waals surface area contributed by atoms with Gasteiger partial charge >= 0.3 is 5.97 Å². The second kappa shape index (κ2) is 8.92. The van der Waals surface area contributed by atoms with Crippen molar-refractivity contribution in [2.45, 2.75) is 50.7 Å². The van der Waals surface area contributed by atoms with Crippen molar-refractivity contribution >= 4 is 23.5 Å². The summed E-state index contributed by atoms with van der Waals surface area (Å²) in [6, 6.07) is 8.11. The Hall–Kier alpha value is -2.80. The molecule has 1 amide bonds. The molecule has 2 aromatic rings. The fourth-order valence-corrected chi connectivity index (χ4v) is 3.88. The Kier molecular flexibility index (Phi) is 6.51. The number of carbonyl (C=O) groups excluding carboxylic acids is 2. The Bertz CT molecular complexity index is 928. The molecule has 1 fully saturated rings. The van der Waals surface area contributed by atoms with Crippen LogP contribution >= 0.6 is 11.6 Å². The lowest BCUT2D eigenvalue weighted by molar-refractivity contribution is -0.156. The topological polar surface area (TPSA) is 97.8 Å². The van der Waals surface area contributed by atoms with Crippen molar-refractivity contribution in [3.8, 4) is 11.5 Å². The molecule has 1 aromatic carbocycles. The van der Waals surface area contributed by atoms with Gasteiger partial charge in [0.15, 0.2) is 17.2 Å². The zero-order valence-electron chi connectivity index (χ0n) is 17.1. The largest absolute Gasteiger partial charge is 0.503 e. The number of carbonyl (C=O) groups is 2. The fourth-order valence-electron chi connectivity index (χ4n) is 3.75. The molecule has 1 aliphatic rings. The molecule has 1 unspecified atom stereocenters. The molecule has 160 valence electrons. The average molecular weight is 433 g/mol. The third-order valence-electron chi connectivity index (χ3n) is 5.76. The van der Waals surface area contributed by atoms with Gasteiger partial charge in [0.05, 0.1) is 7.11 Å². The average Bonchev–Trinajstić information content (AvgIpc) is 2.68. The Labute approximate surface area is 180 Å². The molecule has 3 rings (SSSR count). The molecule has 1 aromatic heterocycles. The van der Waals surface area contributed by atoms with Gasteiger partial charge in [-0.2, -0.15) is 0 Å². The van der Waals surface area contributed by atoms with Gasteiger partial charge in [-0.25, -0.2) is 9.78 Å². The highest BCUT2D eigenvalue weighted by molar-refractivity contribution is 6.30. The second-order valence-corrected chi connectivity index (χ2v) is 7.94. The van der Waals surface area contributed by atoms with E-state index in [9.17, 15) is 14.7 Å². The fraction of sp³-hybridized carbons (Fsp3) is 0.409. The van der Waals surface area contributed by atoms with Crippen molar-refractivity contribution in [3.05, 3.63) is 52.8 Å². The van der Waals surface area contributed by atoms with Crippen molar-refractivity contribution in [2.75, 3.05) is 7.11 Å². The molecule has 0 radical (unpaired) electrons. The van der Waals surface area contributed by atoms with Crippen LogP contribution in [0.2, 0.25) is 5.02 Å². The highest BCUT2D eigenvalue weighted by atomic mass is 35.5. The minimum Gasteiger partial charge on any atom is -0.503 e. The molecule has 30 heavy (non-hydrogen) atoms. The lowest BCUT2D eigenvalue weighted by Gasteiger charge is -2.46. The number of esters is 1. The van der Waals surface area contributed by atoms with Crippen LogP contribution in [-0.2, 0) is 14.9 Å². The molecular formula is C22H25ClN2O5. The summed E-state index contributed by atoms with van der Waals surface area (Å²) in [4.78, 5) is 28.9. The number of halogens is 1. The summed E-state index contributed by atoms with van der Waals surface area (Å²) >= 11 is 6.00. The highest BCUT2D eigenvalue weighted by Gasteiger charge is 2.45. The molecular weight excluding hydrogens is 408 g/mol. The van der Waals surface area contributed by atoms with E-state index in [0.29, 0.717) is 5.02 Å². The SMILES string of the molecule is COc1ccnc(C(=O)N[C@@H](C)C(=O)OC(C)C2(c3ccc(Cl)cc3)CCC2)c1O. The Morgan fingerprint density at radius 2 is 1.87 bits per heavy atom. The summed E-state index contributed by atoms with van der Waals surface area (Å²) in [5.74, 6) is -1.52. The van der Waals surface area contributed by atoms with Gasteiger partial charge in [-0.1, -0.05) is 30.2 Å². The van der Waals surface area contributed by atoms with Gasteiger partial charge in [0.2, 0.25) is 0 Å². The van der Waals surface area contributed by atoms with E-state index in [1.807, 2.05) is 31.2 Å². The summed E-state index contributed by atoms with van der Waals surface area (Å²) < 4.78 is 10.7. The minimum atomic E-state index is -0.922. The van der Waals surface area contributed by atoms with Gasteiger partial charge in [0, 0.05) is 22.7 Å². The van der Waals surface area contributed by atoms with Crippen LogP contribution in [0.15, 0.2) is 36.5 Å². The number of aromatic hydroxyl groups is 1. The third kappa shape index (κ3) is 4.21. The molecule has 2 atom stereocenters. The highest BCUT2D eigenvalue weighted by Crippen LogP contribution is 2.47. The first kappa shape index (κ1) is 21.9. The molecule has 1 saturated carbocycles. The van der Waals surface area contributed by atoms with Crippen LogP contribution in [0.4, 0.5) is 0 Å². The van der Waals surface area contributed by atoms with Crippen LogP contribution in [0, 0.1) is 0 Å². The quantitative estimate of drug-likeness (QED) is 0.648.